The third-order valence-corrected chi connectivity index (χ3v) is 9.01. The molecule has 8 nitrogen and oxygen atoms in total. The SMILES string of the molecule is CCc1cccc(C)c1C(=S)N=C(Cc1ccc(N2C(=O)C(Cc3cccnc3)N(C(C)=O)C2(C)c2ccccc2)cc1)C(=O)OC. The fourth-order valence-electron chi connectivity index (χ4n) is 6.47. The van der Waals surface area contributed by atoms with Gasteiger partial charge in [0.05, 0.1) is 7.11 Å². The molecule has 240 valence electrons. The number of carbonyl (C=O) groups is 3. The van der Waals surface area contributed by atoms with E-state index in [1.54, 1.807) is 22.2 Å². The van der Waals surface area contributed by atoms with Gasteiger partial charge >= 0.3 is 5.97 Å². The molecule has 4 aromatic rings. The summed E-state index contributed by atoms with van der Waals surface area (Å²) in [6.45, 7) is 7.43. The third-order valence-electron chi connectivity index (χ3n) is 8.71. The first-order valence-corrected chi connectivity index (χ1v) is 16.0. The van der Waals surface area contributed by atoms with Gasteiger partial charge in [0.1, 0.15) is 22.4 Å². The van der Waals surface area contributed by atoms with Crippen LogP contribution in [0.25, 0.3) is 0 Å². The summed E-state index contributed by atoms with van der Waals surface area (Å²) in [4.78, 5) is 53.1. The average Bonchev–Trinajstić information content (AvgIpc) is 3.31. The van der Waals surface area contributed by atoms with Gasteiger partial charge in [-0.15, -0.1) is 0 Å². The first-order valence-electron chi connectivity index (χ1n) is 15.6. The quantitative estimate of drug-likeness (QED) is 0.123. The number of esters is 1. The zero-order valence-electron chi connectivity index (χ0n) is 27.3. The predicted molar refractivity (Wildman–Crippen MR) is 187 cm³/mol. The van der Waals surface area contributed by atoms with Crippen LogP contribution in [0.15, 0.2) is 102 Å². The van der Waals surface area contributed by atoms with Gasteiger partial charge in [0, 0.05) is 43.4 Å². The smallest absolute Gasteiger partial charge is 0.352 e. The van der Waals surface area contributed by atoms with E-state index in [1.807, 2.05) is 98.8 Å². The molecule has 0 N–H and O–H groups in total. The van der Waals surface area contributed by atoms with E-state index < -0.39 is 17.7 Å². The summed E-state index contributed by atoms with van der Waals surface area (Å²) in [7, 11) is 1.32. The van der Waals surface area contributed by atoms with Crippen molar-refractivity contribution in [1.82, 2.24) is 9.88 Å². The van der Waals surface area contributed by atoms with Gasteiger partial charge in [-0.1, -0.05) is 85.9 Å². The predicted octanol–water partition coefficient (Wildman–Crippen LogP) is 6.16. The lowest BCUT2D eigenvalue weighted by molar-refractivity contribution is -0.137. The number of nitrogens with zero attached hydrogens (tertiary/aromatic N) is 4. The minimum atomic E-state index is -1.10. The van der Waals surface area contributed by atoms with Crippen LogP contribution < -0.4 is 4.90 Å². The second-order valence-corrected chi connectivity index (χ2v) is 12.1. The number of anilines is 1. The van der Waals surface area contributed by atoms with Gasteiger partial charge in [0.15, 0.2) is 0 Å². The van der Waals surface area contributed by atoms with Crippen LogP contribution in [0.5, 0.6) is 0 Å². The Morgan fingerprint density at radius 1 is 0.979 bits per heavy atom. The molecular weight excluding hydrogens is 609 g/mol. The minimum Gasteiger partial charge on any atom is -0.465 e. The first kappa shape index (κ1) is 33.3. The van der Waals surface area contributed by atoms with Crippen LogP contribution in [0, 0.1) is 6.92 Å². The van der Waals surface area contributed by atoms with Crippen LogP contribution in [-0.2, 0) is 44.0 Å². The summed E-state index contributed by atoms with van der Waals surface area (Å²) in [5.74, 6) is -0.979. The van der Waals surface area contributed by atoms with Gasteiger partial charge < -0.3 is 9.64 Å². The van der Waals surface area contributed by atoms with Crippen molar-refractivity contribution in [3.05, 3.63) is 131 Å². The number of pyridine rings is 1. The fraction of sp³-hybridized carbons (Fsp3) is 0.263. The molecule has 1 aliphatic rings. The molecule has 0 saturated carbocycles. The molecule has 1 saturated heterocycles. The van der Waals surface area contributed by atoms with Crippen LogP contribution in [0.3, 0.4) is 0 Å². The highest BCUT2D eigenvalue weighted by atomic mass is 32.1. The van der Waals surface area contributed by atoms with Gasteiger partial charge in [-0.2, -0.15) is 0 Å². The Hall–Kier alpha value is -5.02. The average molecular weight is 647 g/mol. The summed E-state index contributed by atoms with van der Waals surface area (Å²) in [6.07, 6.45) is 4.68. The van der Waals surface area contributed by atoms with Crippen molar-refractivity contribution in [3.8, 4) is 0 Å². The monoisotopic (exact) mass is 646 g/mol. The maximum atomic E-state index is 14.4. The van der Waals surface area contributed by atoms with E-state index in [2.05, 4.69) is 16.9 Å². The Morgan fingerprint density at radius 2 is 1.70 bits per heavy atom. The number of thiocarbonyl (C=S) groups is 1. The number of amides is 2. The van der Waals surface area contributed by atoms with E-state index in [9.17, 15) is 14.4 Å². The van der Waals surface area contributed by atoms with Crippen molar-refractivity contribution >= 4 is 46.4 Å². The molecule has 2 unspecified atom stereocenters. The number of benzene rings is 3. The molecule has 0 radical (unpaired) electrons. The maximum Gasteiger partial charge on any atom is 0.352 e. The van der Waals surface area contributed by atoms with E-state index in [0.717, 1.165) is 39.8 Å². The topological polar surface area (TPSA) is 92.2 Å². The van der Waals surface area contributed by atoms with Crippen molar-refractivity contribution in [2.75, 3.05) is 12.0 Å². The van der Waals surface area contributed by atoms with E-state index in [0.29, 0.717) is 17.1 Å². The Kier molecular flexibility index (Phi) is 10.1. The lowest BCUT2D eigenvalue weighted by atomic mass is 9.97. The summed E-state index contributed by atoms with van der Waals surface area (Å²) in [5.41, 5.74) is 5.04. The molecule has 3 aromatic carbocycles. The minimum absolute atomic E-state index is 0.174. The second kappa shape index (κ2) is 14.2. The van der Waals surface area contributed by atoms with Gasteiger partial charge in [-0.25, -0.2) is 9.79 Å². The van der Waals surface area contributed by atoms with Crippen LogP contribution >= 0.6 is 12.2 Å². The molecule has 1 aromatic heterocycles. The standard InChI is InChI=1S/C38H38N4O4S/c1-6-29-14-10-12-25(2)34(29)35(47)40-32(37(45)46-5)22-27-17-19-31(20-18-27)42-36(44)33(23-28-13-11-21-39-24-28)41(26(3)43)38(42,4)30-15-8-7-9-16-30/h7-21,24,33H,6,22-23H2,1-5H3. The molecule has 2 atom stereocenters. The second-order valence-electron chi connectivity index (χ2n) is 11.7. The number of rotatable bonds is 9. The zero-order valence-corrected chi connectivity index (χ0v) is 28.1. The lowest BCUT2D eigenvalue weighted by Gasteiger charge is -2.41. The molecular formula is C38H38N4O4S. The van der Waals surface area contributed by atoms with Crippen molar-refractivity contribution < 1.29 is 19.1 Å². The molecule has 5 rings (SSSR count). The molecule has 0 spiro atoms. The highest BCUT2D eigenvalue weighted by Gasteiger charge is 2.56. The maximum absolute atomic E-state index is 14.4. The Bertz CT molecular complexity index is 1830. The Labute approximate surface area is 281 Å². The lowest BCUT2D eigenvalue weighted by Crippen LogP contribution is -2.52. The third kappa shape index (κ3) is 6.62. The number of aliphatic imine (C=N–C) groups is 1. The zero-order chi connectivity index (χ0) is 33.7. The van der Waals surface area contributed by atoms with Gasteiger partial charge in [-0.05, 0) is 66.3 Å². The number of methoxy groups -OCH3 is 1. The number of carbonyl (C=O) groups excluding carboxylic acids is 3. The van der Waals surface area contributed by atoms with Crippen LogP contribution in [0.2, 0.25) is 0 Å². The summed E-state index contributed by atoms with van der Waals surface area (Å²) >= 11 is 5.71. The molecule has 47 heavy (non-hydrogen) atoms. The number of aryl methyl sites for hydroxylation is 2. The highest BCUT2D eigenvalue weighted by molar-refractivity contribution is 7.80. The summed E-state index contributed by atoms with van der Waals surface area (Å²) in [6, 6.07) is 25.9. The van der Waals surface area contributed by atoms with E-state index >= 15 is 0 Å². The number of ether oxygens (including phenoxy) is 1. The van der Waals surface area contributed by atoms with E-state index in [1.165, 1.54) is 14.0 Å². The summed E-state index contributed by atoms with van der Waals surface area (Å²) < 4.78 is 5.07. The number of hydrogen-bond donors (Lipinski definition) is 0. The Morgan fingerprint density at radius 3 is 2.32 bits per heavy atom. The number of aromatic nitrogens is 1. The molecule has 0 bridgehead atoms. The molecule has 2 amide bonds. The normalized spacial score (nSPS) is 17.9. The van der Waals surface area contributed by atoms with E-state index in [-0.39, 0.29) is 23.9 Å². The van der Waals surface area contributed by atoms with Crippen molar-refractivity contribution in [1.29, 1.82) is 0 Å². The van der Waals surface area contributed by atoms with Gasteiger partial charge in [0.25, 0.3) is 5.91 Å². The van der Waals surface area contributed by atoms with Gasteiger partial charge in [-0.3, -0.25) is 19.5 Å². The molecule has 9 heteroatoms. The summed E-state index contributed by atoms with van der Waals surface area (Å²) in [5, 5.41) is 0. The van der Waals surface area contributed by atoms with Crippen molar-refractivity contribution in [2.24, 2.45) is 4.99 Å². The van der Waals surface area contributed by atoms with Crippen molar-refractivity contribution in [3.63, 3.8) is 0 Å². The largest absolute Gasteiger partial charge is 0.465 e. The van der Waals surface area contributed by atoms with E-state index in [4.69, 9.17) is 17.0 Å². The fourth-order valence-corrected chi connectivity index (χ4v) is 6.87. The molecule has 0 aliphatic carbocycles. The first-order chi connectivity index (χ1) is 22.6. The molecule has 1 fully saturated rings. The number of hydrogen-bond acceptors (Lipinski definition) is 6. The highest BCUT2D eigenvalue weighted by Crippen LogP contribution is 2.44. The van der Waals surface area contributed by atoms with Crippen LogP contribution in [-0.4, -0.2) is 51.5 Å². The van der Waals surface area contributed by atoms with Crippen molar-refractivity contribution in [2.45, 2.75) is 58.7 Å². The van der Waals surface area contributed by atoms with Crippen LogP contribution in [0.4, 0.5) is 5.69 Å². The van der Waals surface area contributed by atoms with Crippen LogP contribution in [0.1, 0.15) is 54.2 Å². The molecule has 1 aliphatic heterocycles. The van der Waals surface area contributed by atoms with Gasteiger partial charge in [0.2, 0.25) is 5.91 Å². The molecule has 2 heterocycles. The Balaban J connectivity index is 1.51.